The molecule has 1 N–H and O–H groups in total. The van der Waals surface area contributed by atoms with Gasteiger partial charge in [0.15, 0.2) is 0 Å². The van der Waals surface area contributed by atoms with Gasteiger partial charge in [-0.25, -0.2) is 18.7 Å². The summed E-state index contributed by atoms with van der Waals surface area (Å²) in [5.41, 5.74) is 3.38. The highest BCUT2D eigenvalue weighted by atomic mass is 35.5. The lowest BCUT2D eigenvalue weighted by Crippen LogP contribution is -2.57. The summed E-state index contributed by atoms with van der Waals surface area (Å²) >= 11 is 5.95. The molecule has 2 aliphatic rings. The van der Waals surface area contributed by atoms with Crippen LogP contribution < -0.4 is 19.7 Å². The van der Waals surface area contributed by atoms with Gasteiger partial charge in [0.2, 0.25) is 5.95 Å². The second-order valence-corrected chi connectivity index (χ2v) is 10.2. The maximum absolute atomic E-state index is 13.8. The predicted molar refractivity (Wildman–Crippen MR) is 141 cm³/mol. The average Bonchev–Trinajstić information content (AvgIpc) is 3.52. The van der Waals surface area contributed by atoms with Gasteiger partial charge in [-0.2, -0.15) is 4.98 Å². The minimum atomic E-state index is -4.80. The first-order chi connectivity index (χ1) is 19.5. The Bertz CT molecular complexity index is 1590. The lowest BCUT2D eigenvalue weighted by Gasteiger charge is -2.40. The van der Waals surface area contributed by atoms with Crippen LogP contribution in [0.5, 0.6) is 11.5 Å². The number of halogens is 6. The number of aromatic nitrogens is 4. The number of methoxy groups -OCH3 is 1. The SMILES string of the molecule is COc1cc(Nc2nc3c(c(N4CC(F)(F)C4)n2)CC[C@H]3c2ccc(OC(F)(F)F)cc2)ccc1-n1cnc(Cl)c1. The third kappa shape index (κ3) is 5.58. The molecule has 0 spiro atoms. The van der Waals surface area contributed by atoms with Gasteiger partial charge >= 0.3 is 6.36 Å². The van der Waals surface area contributed by atoms with Crippen molar-refractivity contribution in [3.05, 3.63) is 77.0 Å². The molecule has 0 saturated carbocycles. The van der Waals surface area contributed by atoms with E-state index in [1.165, 1.54) is 24.1 Å². The summed E-state index contributed by atoms with van der Waals surface area (Å²) < 4.78 is 76.7. The topological polar surface area (TPSA) is 77.3 Å². The van der Waals surface area contributed by atoms with E-state index in [-0.39, 0.29) is 17.6 Å². The van der Waals surface area contributed by atoms with Gasteiger partial charge in [-0.15, -0.1) is 13.2 Å². The fourth-order valence-electron chi connectivity index (χ4n) is 5.18. The second-order valence-electron chi connectivity index (χ2n) is 9.77. The molecule has 14 heteroatoms. The number of ether oxygens (including phenoxy) is 2. The summed E-state index contributed by atoms with van der Waals surface area (Å²) in [6.07, 6.45) is -0.480. The summed E-state index contributed by atoms with van der Waals surface area (Å²) in [7, 11) is 1.52. The molecular formula is C27H22ClF5N6O2. The molecule has 4 aromatic rings. The van der Waals surface area contributed by atoms with Gasteiger partial charge < -0.3 is 24.3 Å². The standard InChI is InChI=1S/C27H22ClF5N6O2/c1-40-21-10-16(4-9-20(21)38-11-22(28)34-14-38)35-25-36-23-18(15-2-5-17(6-3-15)41-27(31,32)33)7-8-19(23)24(37-25)39-12-26(29,30)13-39/h2-6,9-11,14,18H,7-8,12-13H2,1H3,(H,35,36,37)/t18-/m0/s1. The van der Waals surface area contributed by atoms with Crippen molar-refractivity contribution in [1.29, 1.82) is 0 Å². The summed E-state index contributed by atoms with van der Waals surface area (Å²) in [6, 6.07) is 10.9. The van der Waals surface area contributed by atoms with Crippen molar-refractivity contribution in [1.82, 2.24) is 19.5 Å². The van der Waals surface area contributed by atoms with Crippen molar-refractivity contribution in [3.63, 3.8) is 0 Å². The number of fused-ring (bicyclic) bond motifs is 1. The molecule has 1 aliphatic carbocycles. The Labute approximate surface area is 235 Å². The molecule has 1 atom stereocenters. The number of nitrogens with zero attached hydrogens (tertiary/aromatic N) is 5. The van der Waals surface area contributed by atoms with Crippen LogP contribution in [0.25, 0.3) is 5.69 Å². The molecule has 0 amide bonds. The molecule has 1 fully saturated rings. The van der Waals surface area contributed by atoms with Crippen LogP contribution in [0.3, 0.4) is 0 Å². The van der Waals surface area contributed by atoms with E-state index < -0.39 is 25.4 Å². The number of benzene rings is 2. The zero-order chi connectivity index (χ0) is 28.9. The Hall–Kier alpha value is -4.13. The molecule has 3 heterocycles. The Morgan fingerprint density at radius 3 is 2.46 bits per heavy atom. The zero-order valence-corrected chi connectivity index (χ0v) is 22.2. The minimum Gasteiger partial charge on any atom is -0.494 e. The van der Waals surface area contributed by atoms with Gasteiger partial charge in [-0.3, -0.25) is 0 Å². The first kappa shape index (κ1) is 27.1. The molecular weight excluding hydrogens is 571 g/mol. The Kier molecular flexibility index (Phi) is 6.63. The minimum absolute atomic E-state index is 0.193. The monoisotopic (exact) mass is 592 g/mol. The molecule has 0 bridgehead atoms. The highest BCUT2D eigenvalue weighted by molar-refractivity contribution is 6.29. The van der Waals surface area contributed by atoms with Crippen molar-refractivity contribution >= 4 is 29.1 Å². The number of rotatable bonds is 7. The average molecular weight is 593 g/mol. The maximum atomic E-state index is 13.8. The van der Waals surface area contributed by atoms with E-state index in [0.29, 0.717) is 46.6 Å². The smallest absolute Gasteiger partial charge is 0.494 e. The second kappa shape index (κ2) is 10.1. The number of anilines is 3. The zero-order valence-electron chi connectivity index (χ0n) is 21.4. The lowest BCUT2D eigenvalue weighted by atomic mass is 9.96. The fourth-order valence-corrected chi connectivity index (χ4v) is 5.33. The van der Waals surface area contributed by atoms with Crippen LogP contribution in [0.4, 0.5) is 39.4 Å². The third-order valence-corrected chi connectivity index (χ3v) is 7.15. The molecule has 1 saturated heterocycles. The van der Waals surface area contributed by atoms with Crippen molar-refractivity contribution in [2.45, 2.75) is 31.0 Å². The Morgan fingerprint density at radius 2 is 1.83 bits per heavy atom. The van der Waals surface area contributed by atoms with Crippen molar-refractivity contribution in [2.75, 3.05) is 30.4 Å². The van der Waals surface area contributed by atoms with Crippen LogP contribution in [-0.4, -0.2) is 52.0 Å². The van der Waals surface area contributed by atoms with Crippen LogP contribution >= 0.6 is 11.6 Å². The largest absolute Gasteiger partial charge is 0.573 e. The number of nitrogens with one attached hydrogen (secondary N) is 1. The van der Waals surface area contributed by atoms with Gasteiger partial charge in [0, 0.05) is 29.4 Å². The van der Waals surface area contributed by atoms with Crippen molar-refractivity contribution in [3.8, 4) is 17.2 Å². The van der Waals surface area contributed by atoms with Crippen LogP contribution in [0.2, 0.25) is 5.15 Å². The van der Waals surface area contributed by atoms with E-state index in [1.54, 1.807) is 47.4 Å². The number of hydrogen-bond donors (Lipinski definition) is 1. The summed E-state index contributed by atoms with van der Waals surface area (Å²) in [5, 5.41) is 3.47. The van der Waals surface area contributed by atoms with Crippen LogP contribution in [-0.2, 0) is 6.42 Å². The molecule has 214 valence electrons. The van der Waals surface area contributed by atoms with Gasteiger partial charge in [-0.05, 0) is 42.7 Å². The van der Waals surface area contributed by atoms with Crippen molar-refractivity contribution < 1.29 is 31.4 Å². The maximum Gasteiger partial charge on any atom is 0.573 e. The summed E-state index contributed by atoms with van der Waals surface area (Å²) in [5.74, 6) is -2.29. The van der Waals surface area contributed by atoms with Gasteiger partial charge in [0.05, 0.1) is 31.6 Å². The Balaban J connectivity index is 1.33. The van der Waals surface area contributed by atoms with Crippen molar-refractivity contribution in [2.24, 2.45) is 0 Å². The molecule has 1 aliphatic heterocycles. The van der Waals surface area contributed by atoms with E-state index >= 15 is 0 Å². The first-order valence-electron chi connectivity index (χ1n) is 12.5. The molecule has 8 nitrogen and oxygen atoms in total. The van der Waals surface area contributed by atoms with Crippen LogP contribution in [0.1, 0.15) is 29.2 Å². The molecule has 2 aromatic heterocycles. The number of hydrogen-bond acceptors (Lipinski definition) is 7. The third-order valence-electron chi connectivity index (χ3n) is 6.96. The van der Waals surface area contributed by atoms with Gasteiger partial charge in [-0.1, -0.05) is 23.7 Å². The van der Waals surface area contributed by atoms with E-state index in [2.05, 4.69) is 20.0 Å². The van der Waals surface area contributed by atoms with E-state index in [1.807, 2.05) is 0 Å². The normalized spacial score (nSPS) is 17.6. The van der Waals surface area contributed by atoms with E-state index in [4.69, 9.17) is 21.3 Å². The quantitative estimate of drug-likeness (QED) is 0.246. The number of alkyl halides is 5. The molecule has 0 radical (unpaired) electrons. The van der Waals surface area contributed by atoms with Gasteiger partial charge in [0.25, 0.3) is 5.92 Å². The lowest BCUT2D eigenvalue weighted by molar-refractivity contribution is -0.274. The van der Waals surface area contributed by atoms with Gasteiger partial charge in [0.1, 0.15) is 28.8 Å². The summed E-state index contributed by atoms with van der Waals surface area (Å²) in [4.78, 5) is 14.9. The number of imidazole rings is 1. The fraction of sp³-hybridized carbons (Fsp3) is 0.296. The molecule has 41 heavy (non-hydrogen) atoms. The molecule has 0 unspecified atom stereocenters. The van der Waals surface area contributed by atoms with E-state index in [9.17, 15) is 22.0 Å². The van der Waals surface area contributed by atoms with E-state index in [0.717, 1.165) is 11.1 Å². The highest BCUT2D eigenvalue weighted by Gasteiger charge is 2.46. The Morgan fingerprint density at radius 1 is 1.07 bits per heavy atom. The van der Waals surface area contributed by atoms with Crippen LogP contribution in [0.15, 0.2) is 55.0 Å². The highest BCUT2D eigenvalue weighted by Crippen LogP contribution is 2.44. The first-order valence-corrected chi connectivity index (χ1v) is 12.9. The predicted octanol–water partition coefficient (Wildman–Crippen LogP) is 6.50. The van der Waals surface area contributed by atoms with Crippen LogP contribution in [0, 0.1) is 0 Å². The molecule has 2 aromatic carbocycles. The summed E-state index contributed by atoms with van der Waals surface area (Å²) in [6.45, 7) is -0.917. The molecule has 6 rings (SSSR count).